The molecule has 2 aromatic carbocycles. The fourth-order valence-corrected chi connectivity index (χ4v) is 4.84. The zero-order valence-corrected chi connectivity index (χ0v) is 22.0. The van der Waals surface area contributed by atoms with Crippen LogP contribution in [-0.2, 0) is 9.59 Å². The number of rotatable bonds is 8. The number of hydrogen-bond donors (Lipinski definition) is 1. The van der Waals surface area contributed by atoms with Crippen molar-refractivity contribution in [1.29, 1.82) is 0 Å². The van der Waals surface area contributed by atoms with Crippen molar-refractivity contribution in [2.24, 2.45) is 5.92 Å². The summed E-state index contributed by atoms with van der Waals surface area (Å²) in [4.78, 5) is 27.3. The molecule has 0 unspecified atom stereocenters. The third-order valence-corrected chi connectivity index (χ3v) is 6.83. The molecule has 0 radical (unpaired) electrons. The molecule has 1 saturated heterocycles. The standard InChI is InChI=1S/C24H25BrN2O4S2/c1-14(2)12-27-23(29)21(33-24(27)32)10-16-9-19(30-4)20(11-17(16)25)31-13-22(28)26-18-8-6-5-7-15(18)3/h5-11,14H,12-13H2,1-4H3,(H,26,28). The molecule has 1 aliphatic rings. The van der Waals surface area contributed by atoms with Gasteiger partial charge in [0, 0.05) is 16.7 Å². The van der Waals surface area contributed by atoms with Crippen LogP contribution in [0.3, 0.4) is 0 Å². The first-order valence-corrected chi connectivity index (χ1v) is 12.3. The predicted octanol–water partition coefficient (Wildman–Crippen LogP) is 5.64. The molecule has 0 saturated carbocycles. The molecule has 2 amide bonds. The van der Waals surface area contributed by atoms with Gasteiger partial charge in [0.15, 0.2) is 18.1 Å². The minimum Gasteiger partial charge on any atom is -0.493 e. The number of carbonyl (C=O) groups is 2. The second kappa shape index (κ2) is 11.2. The van der Waals surface area contributed by atoms with E-state index in [1.807, 2.05) is 45.0 Å². The summed E-state index contributed by atoms with van der Waals surface area (Å²) < 4.78 is 12.4. The normalized spacial score (nSPS) is 14.8. The van der Waals surface area contributed by atoms with Gasteiger partial charge in [-0.3, -0.25) is 14.5 Å². The van der Waals surface area contributed by atoms with Crippen LogP contribution >= 0.6 is 39.9 Å². The third kappa shape index (κ3) is 6.37. The minimum atomic E-state index is -0.277. The van der Waals surface area contributed by atoms with Gasteiger partial charge in [0.2, 0.25) is 0 Å². The quantitative estimate of drug-likeness (QED) is 0.340. The molecule has 3 rings (SSSR count). The van der Waals surface area contributed by atoms with Crippen molar-refractivity contribution in [1.82, 2.24) is 4.90 Å². The van der Waals surface area contributed by atoms with Crippen molar-refractivity contribution in [2.45, 2.75) is 20.8 Å². The van der Waals surface area contributed by atoms with Crippen LogP contribution in [0.15, 0.2) is 45.8 Å². The van der Waals surface area contributed by atoms with E-state index in [9.17, 15) is 9.59 Å². The van der Waals surface area contributed by atoms with Gasteiger partial charge in [-0.1, -0.05) is 72.0 Å². The van der Waals surface area contributed by atoms with E-state index < -0.39 is 0 Å². The highest BCUT2D eigenvalue weighted by atomic mass is 79.9. The maximum atomic E-state index is 12.8. The molecule has 1 heterocycles. The van der Waals surface area contributed by atoms with Crippen LogP contribution < -0.4 is 14.8 Å². The van der Waals surface area contributed by atoms with Crippen molar-refractivity contribution in [3.63, 3.8) is 0 Å². The number of thiocarbonyl (C=S) groups is 1. The van der Waals surface area contributed by atoms with E-state index in [4.69, 9.17) is 21.7 Å². The summed E-state index contributed by atoms with van der Waals surface area (Å²) in [6.07, 6.45) is 1.78. The second-order valence-corrected chi connectivity index (χ2v) is 10.4. The summed E-state index contributed by atoms with van der Waals surface area (Å²) in [6, 6.07) is 11.0. The molecule has 0 bridgehead atoms. The van der Waals surface area contributed by atoms with Gasteiger partial charge < -0.3 is 14.8 Å². The van der Waals surface area contributed by atoms with Crippen molar-refractivity contribution in [3.8, 4) is 11.5 Å². The molecule has 0 spiro atoms. The monoisotopic (exact) mass is 548 g/mol. The molecular weight excluding hydrogens is 524 g/mol. The zero-order chi connectivity index (χ0) is 24.1. The highest BCUT2D eigenvalue weighted by Gasteiger charge is 2.32. The molecule has 0 aliphatic carbocycles. The Morgan fingerprint density at radius 2 is 2.00 bits per heavy atom. The maximum Gasteiger partial charge on any atom is 0.266 e. The summed E-state index contributed by atoms with van der Waals surface area (Å²) in [5.41, 5.74) is 2.45. The summed E-state index contributed by atoms with van der Waals surface area (Å²) in [6.45, 7) is 6.42. The van der Waals surface area contributed by atoms with Crippen LogP contribution in [0.25, 0.3) is 6.08 Å². The number of nitrogens with one attached hydrogen (secondary N) is 1. The van der Waals surface area contributed by atoms with E-state index in [1.54, 1.807) is 23.1 Å². The molecule has 0 aromatic heterocycles. The first-order chi connectivity index (χ1) is 15.7. The Morgan fingerprint density at radius 1 is 1.27 bits per heavy atom. The number of aryl methyl sites for hydroxylation is 1. The van der Waals surface area contributed by atoms with Gasteiger partial charge in [-0.25, -0.2) is 0 Å². The SMILES string of the molecule is COc1cc(C=C2SC(=S)N(CC(C)C)C2=O)c(Br)cc1OCC(=O)Nc1ccccc1C. The number of nitrogens with zero attached hydrogens (tertiary/aromatic N) is 1. The van der Waals surface area contributed by atoms with Crippen LogP contribution in [-0.4, -0.2) is 41.3 Å². The van der Waals surface area contributed by atoms with Gasteiger partial charge in [-0.15, -0.1) is 0 Å². The lowest BCUT2D eigenvalue weighted by Gasteiger charge is -2.16. The summed E-state index contributed by atoms with van der Waals surface area (Å²) in [5, 5.41) is 2.84. The number of anilines is 1. The van der Waals surface area contributed by atoms with Crippen LogP contribution in [0.4, 0.5) is 5.69 Å². The van der Waals surface area contributed by atoms with Crippen molar-refractivity contribution >= 4 is 67.8 Å². The zero-order valence-electron chi connectivity index (χ0n) is 18.8. The first kappa shape index (κ1) is 25.3. The lowest BCUT2D eigenvalue weighted by atomic mass is 10.1. The smallest absolute Gasteiger partial charge is 0.266 e. The number of hydrogen-bond acceptors (Lipinski definition) is 6. The predicted molar refractivity (Wildman–Crippen MR) is 141 cm³/mol. The highest BCUT2D eigenvalue weighted by molar-refractivity contribution is 9.10. The highest BCUT2D eigenvalue weighted by Crippen LogP contribution is 2.38. The molecule has 6 nitrogen and oxygen atoms in total. The van der Waals surface area contributed by atoms with Crippen molar-refractivity contribution in [3.05, 3.63) is 56.9 Å². The van der Waals surface area contributed by atoms with E-state index in [0.717, 1.165) is 16.8 Å². The second-order valence-electron chi connectivity index (χ2n) is 7.86. The van der Waals surface area contributed by atoms with Gasteiger partial charge in [0.05, 0.1) is 12.0 Å². The minimum absolute atomic E-state index is 0.0993. The van der Waals surface area contributed by atoms with E-state index in [1.165, 1.54) is 18.9 Å². The van der Waals surface area contributed by atoms with Crippen LogP contribution in [0.5, 0.6) is 11.5 Å². The van der Waals surface area contributed by atoms with Crippen LogP contribution in [0.2, 0.25) is 0 Å². The van der Waals surface area contributed by atoms with Gasteiger partial charge in [0.25, 0.3) is 11.8 Å². The average Bonchev–Trinajstić information content (AvgIpc) is 3.02. The van der Waals surface area contributed by atoms with Crippen LogP contribution in [0.1, 0.15) is 25.0 Å². The Balaban J connectivity index is 1.74. The number of methoxy groups -OCH3 is 1. The maximum absolute atomic E-state index is 12.8. The Labute approximate surface area is 211 Å². The largest absolute Gasteiger partial charge is 0.493 e. The summed E-state index contributed by atoms with van der Waals surface area (Å²) in [5.74, 6) is 0.802. The fourth-order valence-electron chi connectivity index (χ4n) is 3.14. The van der Waals surface area contributed by atoms with Gasteiger partial charge in [-0.2, -0.15) is 0 Å². The molecule has 1 aliphatic heterocycles. The van der Waals surface area contributed by atoms with E-state index >= 15 is 0 Å². The van der Waals surface area contributed by atoms with Crippen molar-refractivity contribution in [2.75, 3.05) is 25.6 Å². The molecule has 9 heteroatoms. The first-order valence-electron chi connectivity index (χ1n) is 10.3. The van der Waals surface area contributed by atoms with Gasteiger partial charge >= 0.3 is 0 Å². The number of thioether (sulfide) groups is 1. The lowest BCUT2D eigenvalue weighted by molar-refractivity contribution is -0.122. The van der Waals surface area contributed by atoms with Gasteiger partial charge in [0.1, 0.15) is 4.32 Å². The molecule has 0 atom stereocenters. The van der Waals surface area contributed by atoms with E-state index in [0.29, 0.717) is 37.7 Å². The Morgan fingerprint density at radius 3 is 2.67 bits per heavy atom. The average molecular weight is 550 g/mol. The number of amides is 2. The van der Waals surface area contributed by atoms with E-state index in [2.05, 4.69) is 21.2 Å². The topological polar surface area (TPSA) is 67.9 Å². The summed E-state index contributed by atoms with van der Waals surface area (Å²) in [7, 11) is 1.52. The van der Waals surface area contributed by atoms with Crippen LogP contribution in [0, 0.1) is 12.8 Å². The molecule has 1 N–H and O–H groups in total. The number of benzene rings is 2. The molecule has 33 heavy (non-hydrogen) atoms. The summed E-state index contributed by atoms with van der Waals surface area (Å²) >= 11 is 10.2. The number of carbonyl (C=O) groups excluding carboxylic acids is 2. The number of para-hydroxylation sites is 1. The molecular formula is C24H25BrN2O4S2. The molecule has 174 valence electrons. The Hall–Kier alpha value is -2.36. The number of halogens is 1. The van der Waals surface area contributed by atoms with Gasteiger partial charge in [-0.05, 0) is 48.2 Å². The molecule has 1 fully saturated rings. The molecule has 2 aromatic rings. The number of ether oxygens (including phenoxy) is 2. The fraction of sp³-hybridized carbons (Fsp3) is 0.292. The lowest BCUT2D eigenvalue weighted by Crippen LogP contribution is -2.31. The third-order valence-electron chi connectivity index (χ3n) is 4.77. The Bertz CT molecular complexity index is 1120. The Kier molecular flexibility index (Phi) is 8.56. The van der Waals surface area contributed by atoms with E-state index in [-0.39, 0.29) is 18.4 Å². The van der Waals surface area contributed by atoms with Crippen molar-refractivity contribution < 1.29 is 19.1 Å².